The molecule has 2 heterocycles. The van der Waals surface area contributed by atoms with E-state index in [1.54, 1.807) is 0 Å². The zero-order valence-corrected chi connectivity index (χ0v) is 11.9. The highest BCUT2D eigenvalue weighted by Gasteiger charge is 2.46. The van der Waals surface area contributed by atoms with Crippen molar-refractivity contribution in [2.75, 3.05) is 13.2 Å². The van der Waals surface area contributed by atoms with Crippen LogP contribution in [-0.2, 0) is 14.2 Å². The molecule has 104 valence electrons. The van der Waals surface area contributed by atoms with Gasteiger partial charge in [0.25, 0.3) is 0 Å². The van der Waals surface area contributed by atoms with Crippen LogP contribution < -0.4 is 0 Å². The van der Waals surface area contributed by atoms with Gasteiger partial charge in [0.05, 0.1) is 18.3 Å². The Bertz CT molecular complexity index is 290. The van der Waals surface area contributed by atoms with Crippen LogP contribution in [0.1, 0.15) is 52.9 Å². The van der Waals surface area contributed by atoms with Crippen LogP contribution in [0.4, 0.5) is 0 Å². The number of hydrogen-bond donors (Lipinski definition) is 0. The topological polar surface area (TPSA) is 31.0 Å². The Hall–Kier alpha value is -0.380. The molecule has 0 N–H and O–H groups in total. The summed E-state index contributed by atoms with van der Waals surface area (Å²) in [6, 6.07) is 0. The highest BCUT2D eigenvalue weighted by atomic mass is 16.7. The second kappa shape index (κ2) is 6.18. The Labute approximate surface area is 110 Å². The van der Waals surface area contributed by atoms with Crippen LogP contribution in [0, 0.1) is 0 Å². The maximum absolute atomic E-state index is 5.69. The molecule has 3 nitrogen and oxygen atoms in total. The van der Waals surface area contributed by atoms with Crippen molar-refractivity contribution in [1.82, 2.24) is 0 Å². The van der Waals surface area contributed by atoms with Crippen molar-refractivity contribution in [3.05, 3.63) is 11.6 Å². The Morgan fingerprint density at radius 2 is 2.17 bits per heavy atom. The zero-order valence-electron chi connectivity index (χ0n) is 11.9. The first-order valence-electron chi connectivity index (χ1n) is 7.14. The van der Waals surface area contributed by atoms with Crippen molar-refractivity contribution >= 4 is 0 Å². The first-order chi connectivity index (χ1) is 8.58. The van der Waals surface area contributed by atoms with E-state index in [0.29, 0.717) is 12.7 Å². The number of ether oxygens (including phenoxy) is 3. The van der Waals surface area contributed by atoms with Crippen LogP contribution in [0.15, 0.2) is 11.6 Å². The van der Waals surface area contributed by atoms with Gasteiger partial charge in [-0.25, -0.2) is 0 Å². The summed E-state index contributed by atoms with van der Waals surface area (Å²) in [6.45, 7) is 7.99. The molecule has 18 heavy (non-hydrogen) atoms. The molecule has 0 saturated carbocycles. The summed E-state index contributed by atoms with van der Waals surface area (Å²) in [5.41, 5.74) is 1.50. The lowest BCUT2D eigenvalue weighted by Gasteiger charge is -2.22. The molecule has 0 unspecified atom stereocenters. The molecule has 2 atom stereocenters. The Kier molecular flexibility index (Phi) is 4.82. The molecule has 2 aliphatic rings. The average molecular weight is 254 g/mol. The van der Waals surface area contributed by atoms with Crippen LogP contribution in [0.25, 0.3) is 0 Å². The third-order valence-electron chi connectivity index (χ3n) is 3.82. The fourth-order valence-electron chi connectivity index (χ4n) is 2.34. The molecule has 0 aliphatic carbocycles. The van der Waals surface area contributed by atoms with Gasteiger partial charge in [0, 0.05) is 6.61 Å². The van der Waals surface area contributed by atoms with Gasteiger partial charge >= 0.3 is 0 Å². The van der Waals surface area contributed by atoms with Crippen LogP contribution >= 0.6 is 0 Å². The van der Waals surface area contributed by atoms with E-state index in [1.165, 1.54) is 18.4 Å². The predicted molar refractivity (Wildman–Crippen MR) is 71.5 cm³/mol. The Morgan fingerprint density at radius 3 is 2.78 bits per heavy atom. The number of hydrogen-bond acceptors (Lipinski definition) is 3. The maximum Gasteiger partial charge on any atom is 0.157 e. The third kappa shape index (κ3) is 4.38. The third-order valence-corrected chi connectivity index (χ3v) is 3.82. The first kappa shape index (κ1) is 14.0. The molecule has 3 heteroatoms. The van der Waals surface area contributed by atoms with Crippen molar-refractivity contribution in [3.8, 4) is 0 Å². The molecular weight excluding hydrogens is 228 g/mol. The average Bonchev–Trinajstić information content (AvgIpc) is 2.96. The van der Waals surface area contributed by atoms with Gasteiger partial charge in [-0.05, 0) is 52.9 Å². The molecule has 2 fully saturated rings. The minimum Gasteiger partial charge on any atom is -0.367 e. The standard InChI is InChI=1S/C15H26O3/c1-12(7-8-13-15(2,3)18-13)9-11-17-14-6-4-5-10-16-14/h9,13-14H,4-8,10-11H2,1-3H3/b12-9-/t13-,14-/m1/s1. The minimum atomic E-state index is 0.0218. The van der Waals surface area contributed by atoms with Crippen molar-refractivity contribution in [1.29, 1.82) is 0 Å². The summed E-state index contributed by atoms with van der Waals surface area (Å²) in [4.78, 5) is 0. The minimum absolute atomic E-state index is 0.0218. The fraction of sp³-hybridized carbons (Fsp3) is 0.867. The first-order valence-corrected chi connectivity index (χ1v) is 7.14. The van der Waals surface area contributed by atoms with Crippen molar-refractivity contribution in [2.45, 2.75) is 70.9 Å². The van der Waals surface area contributed by atoms with E-state index < -0.39 is 0 Å². The summed E-state index contributed by atoms with van der Waals surface area (Å²) in [6.07, 6.45) is 8.30. The van der Waals surface area contributed by atoms with Crippen molar-refractivity contribution in [2.24, 2.45) is 0 Å². The lowest BCUT2D eigenvalue weighted by Crippen LogP contribution is -2.22. The Balaban J connectivity index is 1.57. The largest absolute Gasteiger partial charge is 0.367 e. The van der Waals surface area contributed by atoms with Gasteiger partial charge in [-0.2, -0.15) is 0 Å². The summed E-state index contributed by atoms with van der Waals surface area (Å²) < 4.78 is 16.8. The number of rotatable bonds is 6. The second-order valence-corrected chi connectivity index (χ2v) is 5.93. The van der Waals surface area contributed by atoms with Crippen LogP contribution in [0.3, 0.4) is 0 Å². The molecule has 0 aromatic rings. The van der Waals surface area contributed by atoms with E-state index in [0.717, 1.165) is 25.9 Å². The monoisotopic (exact) mass is 254 g/mol. The van der Waals surface area contributed by atoms with Gasteiger partial charge < -0.3 is 14.2 Å². The van der Waals surface area contributed by atoms with E-state index in [-0.39, 0.29) is 11.9 Å². The Morgan fingerprint density at radius 1 is 1.39 bits per heavy atom. The molecular formula is C15H26O3. The van der Waals surface area contributed by atoms with E-state index in [2.05, 4.69) is 26.8 Å². The molecule has 2 aliphatic heterocycles. The van der Waals surface area contributed by atoms with Crippen molar-refractivity contribution < 1.29 is 14.2 Å². The van der Waals surface area contributed by atoms with Gasteiger partial charge in [-0.3, -0.25) is 0 Å². The van der Waals surface area contributed by atoms with Crippen LogP contribution in [-0.4, -0.2) is 31.2 Å². The SMILES string of the molecule is C/C(=C/CO[C@@H]1CCCCO1)CC[C@H]1OC1(C)C. The lowest BCUT2D eigenvalue weighted by atomic mass is 10.0. The van der Waals surface area contributed by atoms with E-state index in [9.17, 15) is 0 Å². The highest BCUT2D eigenvalue weighted by molar-refractivity contribution is 5.02. The zero-order chi connectivity index (χ0) is 13.0. The maximum atomic E-state index is 5.69. The predicted octanol–water partition coefficient (Wildman–Crippen LogP) is 3.43. The van der Waals surface area contributed by atoms with Gasteiger partial charge in [-0.1, -0.05) is 11.6 Å². The van der Waals surface area contributed by atoms with E-state index >= 15 is 0 Å². The van der Waals surface area contributed by atoms with Gasteiger partial charge in [0.15, 0.2) is 6.29 Å². The van der Waals surface area contributed by atoms with Gasteiger partial charge in [-0.15, -0.1) is 0 Å². The second-order valence-electron chi connectivity index (χ2n) is 5.93. The quantitative estimate of drug-likeness (QED) is 0.537. The molecule has 2 rings (SSSR count). The molecule has 0 bridgehead atoms. The smallest absolute Gasteiger partial charge is 0.157 e. The lowest BCUT2D eigenvalue weighted by molar-refractivity contribution is -0.155. The summed E-state index contributed by atoms with van der Waals surface area (Å²) >= 11 is 0. The highest BCUT2D eigenvalue weighted by Crippen LogP contribution is 2.38. The number of allylic oxidation sites excluding steroid dienone is 1. The molecule has 0 spiro atoms. The summed E-state index contributed by atoms with van der Waals surface area (Å²) in [5, 5.41) is 0. The summed E-state index contributed by atoms with van der Waals surface area (Å²) in [5.74, 6) is 0. The fourth-order valence-corrected chi connectivity index (χ4v) is 2.34. The molecule has 0 amide bonds. The molecule has 2 saturated heterocycles. The molecule has 0 aromatic heterocycles. The van der Waals surface area contributed by atoms with E-state index in [1.807, 2.05) is 0 Å². The summed E-state index contributed by atoms with van der Waals surface area (Å²) in [7, 11) is 0. The van der Waals surface area contributed by atoms with E-state index in [4.69, 9.17) is 14.2 Å². The van der Waals surface area contributed by atoms with Crippen LogP contribution in [0.5, 0.6) is 0 Å². The molecule has 0 aromatic carbocycles. The van der Waals surface area contributed by atoms with Gasteiger partial charge in [0.1, 0.15) is 0 Å². The molecule has 0 radical (unpaired) electrons. The van der Waals surface area contributed by atoms with Crippen LogP contribution in [0.2, 0.25) is 0 Å². The van der Waals surface area contributed by atoms with Crippen molar-refractivity contribution in [3.63, 3.8) is 0 Å². The number of epoxide rings is 1. The van der Waals surface area contributed by atoms with Gasteiger partial charge in [0.2, 0.25) is 0 Å². The normalized spacial score (nSPS) is 31.4.